The summed E-state index contributed by atoms with van der Waals surface area (Å²) in [6.45, 7) is 0. The predicted molar refractivity (Wildman–Crippen MR) is 97.2 cm³/mol. The zero-order chi connectivity index (χ0) is 15.5. The Morgan fingerprint density at radius 1 is 1.27 bits per heavy atom. The predicted octanol–water partition coefficient (Wildman–Crippen LogP) is 5.33. The molecule has 3 nitrogen and oxygen atoms in total. The van der Waals surface area contributed by atoms with E-state index in [4.69, 9.17) is 28.9 Å². The van der Waals surface area contributed by atoms with Crippen molar-refractivity contribution in [3.05, 3.63) is 47.5 Å². The van der Waals surface area contributed by atoms with Crippen LogP contribution in [0.2, 0.25) is 5.02 Å². The van der Waals surface area contributed by atoms with Crippen LogP contribution in [0.4, 0.5) is 5.69 Å². The molecule has 112 valence electrons. The zero-order valence-electron chi connectivity index (χ0n) is 11.3. The van der Waals surface area contributed by atoms with E-state index in [-0.39, 0.29) is 5.88 Å². The molecule has 0 amide bonds. The van der Waals surface area contributed by atoms with Crippen molar-refractivity contribution in [1.29, 1.82) is 0 Å². The normalized spacial score (nSPS) is 12.0. The highest BCUT2D eigenvalue weighted by Crippen LogP contribution is 2.39. The Morgan fingerprint density at radius 3 is 2.86 bits per heavy atom. The minimum atomic E-state index is 0.178. The third kappa shape index (κ3) is 3.55. The lowest BCUT2D eigenvalue weighted by molar-refractivity contribution is 1.28. The monoisotopic (exact) mass is 367 g/mol. The van der Waals surface area contributed by atoms with Crippen LogP contribution in [0.25, 0.3) is 10.2 Å². The van der Waals surface area contributed by atoms with Crippen molar-refractivity contribution in [2.45, 2.75) is 9.24 Å². The maximum Gasteiger partial charge on any atom is 0.155 e. The van der Waals surface area contributed by atoms with Crippen LogP contribution in [0.15, 0.2) is 56.7 Å². The SMILES string of the molecule is NC(CCl)=Nc1cc(Cl)ccc1Sc1nc2ccccc2s1. The Kier molecular flexibility index (Phi) is 4.88. The Bertz CT molecular complexity index is 813. The number of fused-ring (bicyclic) bond motifs is 1. The molecular weight excluding hydrogens is 357 g/mol. The summed E-state index contributed by atoms with van der Waals surface area (Å²) in [6.07, 6.45) is 0. The number of nitrogens with two attached hydrogens (primary N) is 1. The van der Waals surface area contributed by atoms with Crippen molar-refractivity contribution in [2.75, 3.05) is 5.88 Å². The molecule has 0 aliphatic heterocycles. The first kappa shape index (κ1) is 15.6. The quantitative estimate of drug-likeness (QED) is 0.385. The van der Waals surface area contributed by atoms with Gasteiger partial charge in [0, 0.05) is 9.92 Å². The number of thiazole rings is 1. The van der Waals surface area contributed by atoms with E-state index in [1.165, 1.54) is 0 Å². The molecule has 0 saturated carbocycles. The molecule has 0 bridgehead atoms. The number of hydrogen-bond donors (Lipinski definition) is 1. The summed E-state index contributed by atoms with van der Waals surface area (Å²) in [5, 5.41) is 0.606. The highest BCUT2D eigenvalue weighted by Gasteiger charge is 2.09. The second-order valence-corrected chi connectivity index (χ2v) is 7.42. The summed E-state index contributed by atoms with van der Waals surface area (Å²) < 4.78 is 2.11. The smallest absolute Gasteiger partial charge is 0.155 e. The van der Waals surface area contributed by atoms with Gasteiger partial charge in [0.15, 0.2) is 4.34 Å². The molecule has 22 heavy (non-hydrogen) atoms. The van der Waals surface area contributed by atoms with E-state index in [1.807, 2.05) is 30.3 Å². The van der Waals surface area contributed by atoms with Crippen molar-refractivity contribution < 1.29 is 0 Å². The van der Waals surface area contributed by atoms with E-state index in [2.05, 4.69) is 16.0 Å². The van der Waals surface area contributed by atoms with E-state index in [9.17, 15) is 0 Å². The van der Waals surface area contributed by atoms with E-state index in [0.29, 0.717) is 16.5 Å². The number of hydrogen-bond acceptors (Lipinski definition) is 4. The third-order valence-corrected chi connectivity index (χ3v) is 5.46. The number of para-hydroxylation sites is 1. The molecule has 1 aromatic heterocycles. The standard InChI is InChI=1S/C15H11Cl2N3S2/c16-8-14(18)19-11-7-9(17)5-6-13(11)22-15-20-10-3-1-2-4-12(10)21-15/h1-7H,8H2,(H2,18,19). The molecule has 0 radical (unpaired) electrons. The minimum Gasteiger partial charge on any atom is -0.386 e. The lowest BCUT2D eigenvalue weighted by Crippen LogP contribution is -2.12. The number of halogens is 2. The number of aromatic nitrogens is 1. The number of nitrogens with zero attached hydrogens (tertiary/aromatic N) is 2. The maximum atomic E-state index is 6.05. The van der Waals surface area contributed by atoms with Crippen LogP contribution in [-0.4, -0.2) is 16.7 Å². The van der Waals surface area contributed by atoms with E-state index >= 15 is 0 Å². The molecule has 3 aromatic rings. The molecule has 2 N–H and O–H groups in total. The Labute approximate surface area is 146 Å². The van der Waals surface area contributed by atoms with Gasteiger partial charge < -0.3 is 5.73 Å². The topological polar surface area (TPSA) is 51.3 Å². The maximum absolute atomic E-state index is 6.05. The number of aliphatic imine (C=N–C) groups is 1. The molecular formula is C15H11Cl2N3S2. The summed E-state index contributed by atoms with van der Waals surface area (Å²) >= 11 is 14.9. The molecule has 0 spiro atoms. The molecule has 0 atom stereocenters. The van der Waals surface area contributed by atoms with Crippen LogP contribution in [0.3, 0.4) is 0 Å². The molecule has 0 fully saturated rings. The second kappa shape index (κ2) is 6.87. The second-order valence-electron chi connectivity index (χ2n) is 4.40. The van der Waals surface area contributed by atoms with Gasteiger partial charge in [-0.2, -0.15) is 0 Å². The molecule has 1 heterocycles. The van der Waals surface area contributed by atoms with Gasteiger partial charge in [0.25, 0.3) is 0 Å². The highest BCUT2D eigenvalue weighted by molar-refractivity contribution is 8.01. The van der Waals surface area contributed by atoms with Crippen molar-refractivity contribution in [3.63, 3.8) is 0 Å². The van der Waals surface area contributed by atoms with Gasteiger partial charge in [-0.1, -0.05) is 35.5 Å². The summed E-state index contributed by atoms with van der Waals surface area (Å²) in [6, 6.07) is 13.6. The molecule has 0 unspecified atom stereocenters. The van der Waals surface area contributed by atoms with E-state index < -0.39 is 0 Å². The first-order valence-corrected chi connectivity index (χ1v) is 8.92. The molecule has 0 saturated heterocycles. The third-order valence-electron chi connectivity index (χ3n) is 2.79. The van der Waals surface area contributed by atoms with E-state index in [0.717, 1.165) is 19.5 Å². The van der Waals surface area contributed by atoms with Gasteiger partial charge in [0.05, 0.1) is 21.8 Å². The molecule has 0 aliphatic rings. The van der Waals surface area contributed by atoms with Gasteiger partial charge in [-0.15, -0.1) is 22.9 Å². The van der Waals surface area contributed by atoms with Crippen molar-refractivity contribution in [1.82, 2.24) is 4.98 Å². The summed E-state index contributed by atoms with van der Waals surface area (Å²) in [5.74, 6) is 0.535. The fourth-order valence-electron chi connectivity index (χ4n) is 1.84. The fraction of sp³-hybridized carbons (Fsp3) is 0.0667. The molecule has 2 aromatic carbocycles. The van der Waals surface area contributed by atoms with Crippen LogP contribution in [0.1, 0.15) is 0 Å². The van der Waals surface area contributed by atoms with Crippen molar-refractivity contribution >= 4 is 68.0 Å². The fourth-order valence-corrected chi connectivity index (χ4v) is 4.14. The van der Waals surface area contributed by atoms with E-state index in [1.54, 1.807) is 29.2 Å². The summed E-state index contributed by atoms with van der Waals surface area (Å²) in [5.41, 5.74) is 7.43. The molecule has 7 heteroatoms. The summed E-state index contributed by atoms with van der Waals surface area (Å²) in [7, 11) is 0. The minimum absolute atomic E-state index is 0.178. The average Bonchev–Trinajstić information content (AvgIpc) is 2.92. The largest absolute Gasteiger partial charge is 0.386 e. The van der Waals surface area contributed by atoms with Gasteiger partial charge in [-0.25, -0.2) is 9.98 Å². The lowest BCUT2D eigenvalue weighted by atomic mass is 10.3. The number of rotatable bonds is 4. The van der Waals surface area contributed by atoms with Gasteiger partial charge in [0.2, 0.25) is 0 Å². The highest BCUT2D eigenvalue weighted by atomic mass is 35.5. The first-order chi connectivity index (χ1) is 10.7. The van der Waals surface area contributed by atoms with Gasteiger partial charge in [-0.3, -0.25) is 0 Å². The molecule has 3 rings (SSSR count). The van der Waals surface area contributed by atoms with Crippen LogP contribution in [0.5, 0.6) is 0 Å². The van der Waals surface area contributed by atoms with Crippen molar-refractivity contribution in [2.24, 2.45) is 10.7 Å². The van der Waals surface area contributed by atoms with Crippen LogP contribution >= 0.6 is 46.3 Å². The van der Waals surface area contributed by atoms with Gasteiger partial charge in [-0.05, 0) is 30.3 Å². The van der Waals surface area contributed by atoms with Gasteiger partial charge in [0.1, 0.15) is 5.84 Å². The first-order valence-electron chi connectivity index (χ1n) is 6.37. The lowest BCUT2D eigenvalue weighted by Gasteiger charge is -2.05. The van der Waals surface area contributed by atoms with Crippen LogP contribution < -0.4 is 5.73 Å². The Hall–Kier alpha value is -1.27. The number of amidine groups is 1. The number of benzene rings is 2. The number of alkyl halides is 1. The Balaban J connectivity index is 1.97. The average molecular weight is 368 g/mol. The molecule has 0 aliphatic carbocycles. The van der Waals surface area contributed by atoms with Crippen molar-refractivity contribution in [3.8, 4) is 0 Å². The van der Waals surface area contributed by atoms with Crippen LogP contribution in [0, 0.1) is 0 Å². The Morgan fingerprint density at radius 2 is 2.09 bits per heavy atom. The van der Waals surface area contributed by atoms with Gasteiger partial charge >= 0.3 is 0 Å². The van der Waals surface area contributed by atoms with Crippen LogP contribution in [-0.2, 0) is 0 Å². The zero-order valence-corrected chi connectivity index (χ0v) is 14.4. The summed E-state index contributed by atoms with van der Waals surface area (Å²) in [4.78, 5) is 9.88.